The van der Waals surface area contributed by atoms with Gasteiger partial charge in [0.1, 0.15) is 4.60 Å². The van der Waals surface area contributed by atoms with E-state index in [1.807, 2.05) is 18.3 Å². The molecular weight excluding hydrogens is 434 g/mol. The first kappa shape index (κ1) is 18.3. The Morgan fingerprint density at radius 2 is 1.93 bits per heavy atom. The number of ether oxygens (including phenoxy) is 1. The molecule has 0 unspecified atom stereocenters. The molecule has 0 spiro atoms. The molecular formula is C20H20BrN7O. The second kappa shape index (κ2) is 7.57. The monoisotopic (exact) mass is 453 g/mol. The van der Waals surface area contributed by atoms with Crippen LogP contribution in [0.3, 0.4) is 0 Å². The zero-order valence-electron chi connectivity index (χ0n) is 16.0. The molecule has 3 aromatic heterocycles. The van der Waals surface area contributed by atoms with E-state index in [4.69, 9.17) is 14.8 Å². The molecule has 1 fully saturated rings. The minimum Gasteiger partial charge on any atom is -0.378 e. The summed E-state index contributed by atoms with van der Waals surface area (Å²) in [7, 11) is 0. The molecule has 0 amide bonds. The van der Waals surface area contributed by atoms with Crippen LogP contribution in [0.5, 0.6) is 0 Å². The number of morpholine rings is 1. The molecule has 9 heteroatoms. The van der Waals surface area contributed by atoms with Crippen molar-refractivity contribution < 1.29 is 4.74 Å². The molecule has 1 aliphatic rings. The van der Waals surface area contributed by atoms with Gasteiger partial charge in [-0.25, -0.2) is 4.68 Å². The summed E-state index contributed by atoms with van der Waals surface area (Å²) in [4.78, 5) is 11.6. The molecule has 0 N–H and O–H groups in total. The van der Waals surface area contributed by atoms with E-state index in [1.54, 1.807) is 9.20 Å². The van der Waals surface area contributed by atoms with Crippen molar-refractivity contribution in [3.05, 3.63) is 52.8 Å². The molecule has 148 valence electrons. The highest BCUT2D eigenvalue weighted by atomic mass is 79.9. The van der Waals surface area contributed by atoms with E-state index < -0.39 is 0 Å². The summed E-state index contributed by atoms with van der Waals surface area (Å²) in [6, 6.07) is 12.3. The van der Waals surface area contributed by atoms with Crippen LogP contribution in [0.1, 0.15) is 12.5 Å². The van der Waals surface area contributed by atoms with E-state index in [2.05, 4.69) is 62.1 Å². The maximum Gasteiger partial charge on any atom is 0.255 e. The van der Waals surface area contributed by atoms with E-state index >= 15 is 0 Å². The van der Waals surface area contributed by atoms with Gasteiger partial charge in [-0.3, -0.25) is 0 Å². The van der Waals surface area contributed by atoms with Crippen molar-refractivity contribution in [2.75, 3.05) is 31.2 Å². The molecule has 0 saturated carbocycles. The number of rotatable bonds is 4. The predicted octanol–water partition coefficient (Wildman–Crippen LogP) is 3.14. The SMILES string of the molecule is CCc1cccc(-c2ccn(-c3nc(N4CCOCC4)n4nc(Br)cc4n3)n2)c1. The molecule has 4 aromatic rings. The van der Waals surface area contributed by atoms with Gasteiger partial charge in [-0.1, -0.05) is 25.1 Å². The van der Waals surface area contributed by atoms with Crippen LogP contribution in [0.25, 0.3) is 22.9 Å². The van der Waals surface area contributed by atoms with Crippen molar-refractivity contribution in [3.63, 3.8) is 0 Å². The number of halogens is 1. The van der Waals surface area contributed by atoms with Crippen LogP contribution >= 0.6 is 15.9 Å². The lowest BCUT2D eigenvalue weighted by molar-refractivity contribution is 0.121. The highest BCUT2D eigenvalue weighted by molar-refractivity contribution is 9.10. The van der Waals surface area contributed by atoms with Gasteiger partial charge in [-0.15, -0.1) is 0 Å². The van der Waals surface area contributed by atoms with Crippen molar-refractivity contribution >= 4 is 27.5 Å². The average molecular weight is 454 g/mol. The normalized spacial score (nSPS) is 14.6. The van der Waals surface area contributed by atoms with Gasteiger partial charge >= 0.3 is 0 Å². The summed E-state index contributed by atoms with van der Waals surface area (Å²) in [5, 5.41) is 9.22. The Kier molecular flexibility index (Phi) is 4.76. The maximum atomic E-state index is 5.48. The van der Waals surface area contributed by atoms with Crippen LogP contribution in [0.2, 0.25) is 0 Å². The molecule has 0 atom stereocenters. The topological polar surface area (TPSA) is 73.4 Å². The van der Waals surface area contributed by atoms with Crippen LogP contribution in [-0.4, -0.2) is 55.7 Å². The fourth-order valence-electron chi connectivity index (χ4n) is 3.44. The van der Waals surface area contributed by atoms with E-state index in [9.17, 15) is 0 Å². The number of hydrogen-bond acceptors (Lipinski definition) is 6. The Morgan fingerprint density at radius 1 is 1.07 bits per heavy atom. The maximum absolute atomic E-state index is 5.48. The number of hydrogen-bond donors (Lipinski definition) is 0. The number of aryl methyl sites for hydroxylation is 1. The molecule has 1 saturated heterocycles. The second-order valence-corrected chi connectivity index (χ2v) is 7.67. The Bertz CT molecular complexity index is 1160. The van der Waals surface area contributed by atoms with Crippen molar-refractivity contribution in [3.8, 4) is 17.2 Å². The van der Waals surface area contributed by atoms with E-state index in [0.717, 1.165) is 41.3 Å². The first-order valence-electron chi connectivity index (χ1n) is 9.62. The molecule has 1 aromatic carbocycles. The molecule has 8 nitrogen and oxygen atoms in total. The average Bonchev–Trinajstić information content (AvgIpc) is 3.40. The van der Waals surface area contributed by atoms with Crippen molar-refractivity contribution in [2.45, 2.75) is 13.3 Å². The van der Waals surface area contributed by atoms with Gasteiger partial charge in [0.2, 0.25) is 5.95 Å². The second-order valence-electron chi connectivity index (χ2n) is 6.86. The lowest BCUT2D eigenvalue weighted by atomic mass is 10.1. The predicted molar refractivity (Wildman–Crippen MR) is 113 cm³/mol. The minimum atomic E-state index is 0.518. The summed E-state index contributed by atoms with van der Waals surface area (Å²) in [5.74, 6) is 1.26. The zero-order valence-corrected chi connectivity index (χ0v) is 17.6. The lowest BCUT2D eigenvalue weighted by Gasteiger charge is -2.27. The first-order chi connectivity index (χ1) is 14.2. The number of anilines is 1. The molecule has 1 aliphatic heterocycles. The van der Waals surface area contributed by atoms with Gasteiger partial charge in [0, 0.05) is 30.9 Å². The van der Waals surface area contributed by atoms with Crippen LogP contribution in [0.4, 0.5) is 5.95 Å². The van der Waals surface area contributed by atoms with Crippen LogP contribution in [0.15, 0.2) is 47.2 Å². The lowest BCUT2D eigenvalue weighted by Crippen LogP contribution is -2.38. The van der Waals surface area contributed by atoms with E-state index in [-0.39, 0.29) is 0 Å². The fraction of sp³-hybridized carbons (Fsp3) is 0.300. The quantitative estimate of drug-likeness (QED) is 0.472. The van der Waals surface area contributed by atoms with E-state index in [1.165, 1.54) is 5.56 Å². The van der Waals surface area contributed by atoms with Crippen molar-refractivity contribution in [1.82, 2.24) is 29.4 Å². The number of benzene rings is 1. The summed E-state index contributed by atoms with van der Waals surface area (Å²) >= 11 is 3.45. The smallest absolute Gasteiger partial charge is 0.255 e. The Balaban J connectivity index is 1.57. The molecule has 0 aliphatic carbocycles. The molecule has 5 rings (SSSR count). The zero-order chi connectivity index (χ0) is 19.8. The fourth-order valence-corrected chi connectivity index (χ4v) is 3.81. The highest BCUT2D eigenvalue weighted by Crippen LogP contribution is 2.22. The van der Waals surface area contributed by atoms with Gasteiger partial charge in [-0.2, -0.15) is 24.7 Å². The van der Waals surface area contributed by atoms with Crippen molar-refractivity contribution in [2.24, 2.45) is 0 Å². The van der Waals surface area contributed by atoms with Crippen LogP contribution in [0, 0.1) is 0 Å². The highest BCUT2D eigenvalue weighted by Gasteiger charge is 2.20. The summed E-state index contributed by atoms with van der Waals surface area (Å²) in [5.41, 5.74) is 3.98. The number of fused-ring (bicyclic) bond motifs is 1. The summed E-state index contributed by atoms with van der Waals surface area (Å²) in [6.45, 7) is 5.01. The van der Waals surface area contributed by atoms with Gasteiger partial charge in [0.25, 0.3) is 5.95 Å². The standard InChI is InChI=1S/C20H20BrN7O/c1-2-14-4-3-5-15(12-14)16-6-7-27(24-16)19-22-18-13-17(21)25-28(18)20(23-19)26-8-10-29-11-9-26/h3-7,12-13H,2,8-11H2,1H3. The van der Waals surface area contributed by atoms with Crippen LogP contribution in [-0.2, 0) is 11.2 Å². The third-order valence-electron chi connectivity index (χ3n) is 4.98. The van der Waals surface area contributed by atoms with Gasteiger partial charge in [0.05, 0.1) is 18.9 Å². The third kappa shape index (κ3) is 3.51. The van der Waals surface area contributed by atoms with Crippen LogP contribution < -0.4 is 4.90 Å². The Hall–Kier alpha value is -2.78. The summed E-state index contributed by atoms with van der Waals surface area (Å²) in [6.07, 6.45) is 2.89. The first-order valence-corrected chi connectivity index (χ1v) is 10.4. The molecule has 0 bridgehead atoms. The largest absolute Gasteiger partial charge is 0.378 e. The molecule has 4 heterocycles. The minimum absolute atomic E-state index is 0.518. The Morgan fingerprint density at radius 3 is 2.76 bits per heavy atom. The third-order valence-corrected chi connectivity index (χ3v) is 5.37. The number of aromatic nitrogens is 6. The Labute approximate surface area is 176 Å². The number of nitrogens with zero attached hydrogens (tertiary/aromatic N) is 7. The van der Waals surface area contributed by atoms with Gasteiger partial charge in [-0.05, 0) is 40.0 Å². The van der Waals surface area contributed by atoms with Gasteiger partial charge < -0.3 is 9.64 Å². The molecule has 29 heavy (non-hydrogen) atoms. The van der Waals surface area contributed by atoms with E-state index in [0.29, 0.717) is 24.8 Å². The van der Waals surface area contributed by atoms with Gasteiger partial charge in [0.15, 0.2) is 5.65 Å². The molecule has 0 radical (unpaired) electrons. The van der Waals surface area contributed by atoms with Crippen molar-refractivity contribution in [1.29, 1.82) is 0 Å². The summed E-state index contributed by atoms with van der Waals surface area (Å²) < 4.78 is 9.68.